The molecular weight excluding hydrogens is 233 g/mol. The standard InChI is InChI=1S/C14H12FNO2/c15-13-7-6-11(8-12(13)14(17)18)16-9-10-4-2-1-3-5-10/h1-8,16H,9H2,(H,17,18). The highest BCUT2D eigenvalue weighted by atomic mass is 19.1. The molecule has 0 atom stereocenters. The Labute approximate surface area is 104 Å². The Balaban J connectivity index is 2.11. The van der Waals surface area contributed by atoms with Crippen molar-refractivity contribution in [2.24, 2.45) is 0 Å². The van der Waals surface area contributed by atoms with Gasteiger partial charge in [-0.15, -0.1) is 0 Å². The zero-order chi connectivity index (χ0) is 13.0. The van der Waals surface area contributed by atoms with Crippen LogP contribution in [0.15, 0.2) is 48.5 Å². The predicted molar refractivity (Wildman–Crippen MR) is 67.1 cm³/mol. The van der Waals surface area contributed by atoms with Gasteiger partial charge in [0.15, 0.2) is 0 Å². The van der Waals surface area contributed by atoms with E-state index in [1.165, 1.54) is 12.1 Å². The molecule has 2 aromatic rings. The van der Waals surface area contributed by atoms with Gasteiger partial charge in [0, 0.05) is 12.2 Å². The number of halogens is 1. The van der Waals surface area contributed by atoms with Crippen molar-refractivity contribution in [3.63, 3.8) is 0 Å². The van der Waals surface area contributed by atoms with Gasteiger partial charge in [-0.05, 0) is 23.8 Å². The molecule has 0 aliphatic heterocycles. The normalized spacial score (nSPS) is 10.1. The molecule has 18 heavy (non-hydrogen) atoms. The van der Waals surface area contributed by atoms with E-state index >= 15 is 0 Å². The third kappa shape index (κ3) is 2.85. The average molecular weight is 245 g/mol. The molecule has 0 aromatic heterocycles. The molecule has 2 N–H and O–H groups in total. The molecule has 2 aromatic carbocycles. The Bertz CT molecular complexity index is 555. The fourth-order valence-corrected chi connectivity index (χ4v) is 1.60. The number of aromatic carboxylic acids is 1. The first kappa shape index (κ1) is 12.1. The fraction of sp³-hybridized carbons (Fsp3) is 0.0714. The number of hydrogen-bond acceptors (Lipinski definition) is 2. The number of nitrogens with one attached hydrogen (secondary N) is 1. The number of rotatable bonds is 4. The Morgan fingerprint density at radius 1 is 1.17 bits per heavy atom. The second-order valence-electron chi connectivity index (χ2n) is 3.84. The SMILES string of the molecule is O=C(O)c1cc(NCc2ccccc2)ccc1F. The molecule has 0 bridgehead atoms. The first-order chi connectivity index (χ1) is 8.66. The molecule has 0 unspecified atom stereocenters. The quantitative estimate of drug-likeness (QED) is 0.870. The van der Waals surface area contributed by atoms with E-state index in [2.05, 4.69) is 5.32 Å². The Hall–Kier alpha value is -2.36. The average Bonchev–Trinajstić information content (AvgIpc) is 2.38. The molecule has 0 aliphatic rings. The maximum absolute atomic E-state index is 13.2. The van der Waals surface area contributed by atoms with Crippen molar-refractivity contribution in [1.82, 2.24) is 0 Å². The highest BCUT2D eigenvalue weighted by molar-refractivity contribution is 5.89. The van der Waals surface area contributed by atoms with Gasteiger partial charge in [0.1, 0.15) is 5.82 Å². The van der Waals surface area contributed by atoms with Crippen LogP contribution in [0.2, 0.25) is 0 Å². The molecule has 0 saturated carbocycles. The summed E-state index contributed by atoms with van der Waals surface area (Å²) in [5, 5.41) is 11.9. The summed E-state index contributed by atoms with van der Waals surface area (Å²) in [4.78, 5) is 10.8. The van der Waals surface area contributed by atoms with E-state index in [1.54, 1.807) is 0 Å². The summed E-state index contributed by atoms with van der Waals surface area (Å²) in [6.07, 6.45) is 0. The van der Waals surface area contributed by atoms with Gasteiger partial charge in [-0.2, -0.15) is 0 Å². The van der Waals surface area contributed by atoms with Crippen LogP contribution in [0.1, 0.15) is 15.9 Å². The maximum atomic E-state index is 13.2. The van der Waals surface area contributed by atoms with Gasteiger partial charge >= 0.3 is 5.97 Å². The zero-order valence-corrected chi connectivity index (χ0v) is 9.56. The number of anilines is 1. The van der Waals surface area contributed by atoms with Crippen LogP contribution in [0.25, 0.3) is 0 Å². The second kappa shape index (κ2) is 5.31. The molecule has 0 radical (unpaired) electrons. The lowest BCUT2D eigenvalue weighted by atomic mass is 10.1. The number of carboxylic acid groups (broad SMARTS) is 1. The van der Waals surface area contributed by atoms with Crippen LogP contribution in [-0.4, -0.2) is 11.1 Å². The monoisotopic (exact) mass is 245 g/mol. The summed E-state index contributed by atoms with van der Waals surface area (Å²) < 4.78 is 13.2. The lowest BCUT2D eigenvalue weighted by molar-refractivity contribution is 0.0692. The second-order valence-corrected chi connectivity index (χ2v) is 3.84. The van der Waals surface area contributed by atoms with Crippen LogP contribution in [0.4, 0.5) is 10.1 Å². The molecule has 0 aliphatic carbocycles. The lowest BCUT2D eigenvalue weighted by Crippen LogP contribution is -2.04. The smallest absolute Gasteiger partial charge is 0.338 e. The number of hydrogen-bond donors (Lipinski definition) is 2. The first-order valence-corrected chi connectivity index (χ1v) is 5.47. The van der Waals surface area contributed by atoms with Crippen molar-refractivity contribution in [2.45, 2.75) is 6.54 Å². The topological polar surface area (TPSA) is 49.3 Å². The minimum Gasteiger partial charge on any atom is -0.478 e. The molecule has 0 fully saturated rings. The number of carbonyl (C=O) groups is 1. The van der Waals surface area contributed by atoms with Gasteiger partial charge < -0.3 is 10.4 Å². The van der Waals surface area contributed by atoms with Crippen molar-refractivity contribution in [3.8, 4) is 0 Å². The zero-order valence-electron chi connectivity index (χ0n) is 9.56. The molecule has 4 heteroatoms. The van der Waals surface area contributed by atoms with E-state index in [0.29, 0.717) is 12.2 Å². The maximum Gasteiger partial charge on any atom is 0.338 e. The molecule has 92 valence electrons. The van der Waals surface area contributed by atoms with Crippen LogP contribution < -0.4 is 5.32 Å². The third-order valence-corrected chi connectivity index (χ3v) is 2.54. The number of carboxylic acids is 1. The summed E-state index contributed by atoms with van der Waals surface area (Å²) in [5.41, 5.74) is 1.32. The third-order valence-electron chi connectivity index (χ3n) is 2.54. The van der Waals surface area contributed by atoms with E-state index in [4.69, 9.17) is 5.11 Å². The van der Waals surface area contributed by atoms with Gasteiger partial charge in [0.05, 0.1) is 5.56 Å². The van der Waals surface area contributed by atoms with Gasteiger partial charge in [-0.25, -0.2) is 9.18 Å². The van der Waals surface area contributed by atoms with Gasteiger partial charge in [-0.3, -0.25) is 0 Å². The van der Waals surface area contributed by atoms with E-state index < -0.39 is 11.8 Å². The van der Waals surface area contributed by atoms with E-state index in [0.717, 1.165) is 11.6 Å². The highest BCUT2D eigenvalue weighted by Gasteiger charge is 2.10. The largest absolute Gasteiger partial charge is 0.478 e. The summed E-state index contributed by atoms with van der Waals surface area (Å²) in [7, 11) is 0. The minimum atomic E-state index is -1.27. The summed E-state index contributed by atoms with van der Waals surface area (Å²) in [6.45, 7) is 0.561. The van der Waals surface area contributed by atoms with E-state index in [9.17, 15) is 9.18 Å². The lowest BCUT2D eigenvalue weighted by Gasteiger charge is -2.07. The molecule has 3 nitrogen and oxygen atoms in total. The van der Waals surface area contributed by atoms with Gasteiger partial charge in [0.2, 0.25) is 0 Å². The molecule has 0 amide bonds. The fourth-order valence-electron chi connectivity index (χ4n) is 1.60. The van der Waals surface area contributed by atoms with Gasteiger partial charge in [-0.1, -0.05) is 30.3 Å². The van der Waals surface area contributed by atoms with Crippen molar-refractivity contribution in [3.05, 3.63) is 65.5 Å². The minimum absolute atomic E-state index is 0.326. The predicted octanol–water partition coefficient (Wildman–Crippen LogP) is 3.14. The van der Waals surface area contributed by atoms with Crippen molar-refractivity contribution in [2.75, 3.05) is 5.32 Å². The van der Waals surface area contributed by atoms with Crippen molar-refractivity contribution in [1.29, 1.82) is 0 Å². The van der Waals surface area contributed by atoms with Crippen molar-refractivity contribution >= 4 is 11.7 Å². The molecule has 0 spiro atoms. The van der Waals surface area contributed by atoms with E-state index in [-0.39, 0.29) is 5.56 Å². The first-order valence-electron chi connectivity index (χ1n) is 5.47. The molecular formula is C14H12FNO2. The Morgan fingerprint density at radius 3 is 2.56 bits per heavy atom. The van der Waals surface area contributed by atoms with Crippen LogP contribution in [-0.2, 0) is 6.54 Å². The van der Waals surface area contributed by atoms with Gasteiger partial charge in [0.25, 0.3) is 0 Å². The Morgan fingerprint density at radius 2 is 1.89 bits per heavy atom. The summed E-state index contributed by atoms with van der Waals surface area (Å²) in [5.74, 6) is -2.00. The Kier molecular flexibility index (Phi) is 3.57. The summed E-state index contributed by atoms with van der Waals surface area (Å²) in [6, 6.07) is 13.6. The van der Waals surface area contributed by atoms with Crippen LogP contribution >= 0.6 is 0 Å². The van der Waals surface area contributed by atoms with Crippen molar-refractivity contribution < 1.29 is 14.3 Å². The highest BCUT2D eigenvalue weighted by Crippen LogP contribution is 2.15. The number of benzene rings is 2. The molecule has 0 heterocycles. The molecule has 2 rings (SSSR count). The molecule has 0 saturated heterocycles. The van der Waals surface area contributed by atoms with E-state index in [1.807, 2.05) is 30.3 Å². The van der Waals surface area contributed by atoms with Crippen LogP contribution in [0, 0.1) is 5.82 Å². The van der Waals surface area contributed by atoms with Crippen LogP contribution in [0.3, 0.4) is 0 Å². The van der Waals surface area contributed by atoms with Crippen LogP contribution in [0.5, 0.6) is 0 Å². The summed E-state index contributed by atoms with van der Waals surface area (Å²) >= 11 is 0.